The van der Waals surface area contributed by atoms with Gasteiger partial charge in [-0.15, -0.1) is 0 Å². The summed E-state index contributed by atoms with van der Waals surface area (Å²) < 4.78 is 62.4. The molecule has 0 aliphatic rings. The summed E-state index contributed by atoms with van der Waals surface area (Å²) in [5.74, 6) is 0. The molecule has 0 atom stereocenters. The maximum Gasteiger partial charge on any atom is 0.390 e. The summed E-state index contributed by atoms with van der Waals surface area (Å²) >= 11 is 3.17. The van der Waals surface area contributed by atoms with E-state index in [1.54, 1.807) is 13.0 Å². The average Bonchev–Trinajstić information content (AvgIpc) is 2.37. The van der Waals surface area contributed by atoms with E-state index in [-0.39, 0.29) is 11.4 Å². The molecule has 0 aromatic heterocycles. The number of aryl methyl sites for hydroxylation is 1. The van der Waals surface area contributed by atoms with Crippen LogP contribution in [-0.4, -0.2) is 32.5 Å². The molecule has 0 unspecified atom stereocenters. The molecule has 2 N–H and O–H groups in total. The van der Waals surface area contributed by atoms with Crippen molar-refractivity contribution in [2.75, 3.05) is 13.6 Å². The molecular weight excluding hydrogens is 373 g/mol. The molecule has 1 aromatic carbocycles. The van der Waals surface area contributed by atoms with Gasteiger partial charge in [0.15, 0.2) is 0 Å². The van der Waals surface area contributed by atoms with Crippen LogP contribution in [0, 0.1) is 6.92 Å². The number of nitrogens with two attached hydrogens (primary N) is 1. The molecule has 4 nitrogen and oxygen atoms in total. The molecule has 0 radical (unpaired) electrons. The van der Waals surface area contributed by atoms with Crippen LogP contribution in [0.5, 0.6) is 0 Å². The molecule has 0 aliphatic carbocycles. The summed E-state index contributed by atoms with van der Waals surface area (Å²) in [5.41, 5.74) is 6.75. The van der Waals surface area contributed by atoms with Crippen LogP contribution in [0.3, 0.4) is 0 Å². The second-order valence-electron chi connectivity index (χ2n) is 4.62. The van der Waals surface area contributed by atoms with Crippen molar-refractivity contribution in [3.8, 4) is 0 Å². The third-order valence-electron chi connectivity index (χ3n) is 2.92. The van der Waals surface area contributed by atoms with Crippen LogP contribution in [0.4, 0.5) is 13.2 Å². The summed E-state index contributed by atoms with van der Waals surface area (Å²) in [6.07, 6.45) is -5.61. The Labute approximate surface area is 130 Å². The smallest absolute Gasteiger partial charge is 0.326 e. The van der Waals surface area contributed by atoms with Crippen LogP contribution in [-0.2, 0) is 16.6 Å². The lowest BCUT2D eigenvalue weighted by atomic mass is 10.1. The first-order valence-electron chi connectivity index (χ1n) is 6.01. The minimum Gasteiger partial charge on any atom is -0.326 e. The predicted molar refractivity (Wildman–Crippen MR) is 77.3 cm³/mol. The van der Waals surface area contributed by atoms with Crippen LogP contribution in [0.1, 0.15) is 17.5 Å². The molecule has 0 heterocycles. The highest BCUT2D eigenvalue weighted by atomic mass is 79.9. The highest BCUT2D eigenvalue weighted by Crippen LogP contribution is 2.30. The minimum atomic E-state index is -4.41. The van der Waals surface area contributed by atoms with Gasteiger partial charge in [-0.25, -0.2) is 12.7 Å². The zero-order valence-corrected chi connectivity index (χ0v) is 13.9. The van der Waals surface area contributed by atoms with Crippen LogP contribution >= 0.6 is 15.9 Å². The maximum absolute atomic E-state index is 12.4. The molecule has 0 spiro atoms. The van der Waals surface area contributed by atoms with E-state index in [9.17, 15) is 21.6 Å². The molecule has 0 amide bonds. The van der Waals surface area contributed by atoms with Gasteiger partial charge in [-0.3, -0.25) is 0 Å². The monoisotopic (exact) mass is 388 g/mol. The Morgan fingerprint density at radius 3 is 2.38 bits per heavy atom. The number of halogens is 4. The molecule has 0 saturated carbocycles. The van der Waals surface area contributed by atoms with Gasteiger partial charge in [-0.05, 0) is 40.0 Å². The van der Waals surface area contributed by atoms with Gasteiger partial charge in [-0.2, -0.15) is 13.2 Å². The molecule has 0 saturated heterocycles. The van der Waals surface area contributed by atoms with E-state index < -0.39 is 29.2 Å². The van der Waals surface area contributed by atoms with E-state index in [2.05, 4.69) is 15.9 Å². The Kier molecular flexibility index (Phi) is 5.82. The van der Waals surface area contributed by atoms with Crippen molar-refractivity contribution in [2.24, 2.45) is 5.73 Å². The van der Waals surface area contributed by atoms with Gasteiger partial charge in [0.1, 0.15) is 0 Å². The number of rotatable bonds is 5. The summed E-state index contributed by atoms with van der Waals surface area (Å²) in [6, 6.07) is 3.09. The molecule has 1 aromatic rings. The molecule has 120 valence electrons. The van der Waals surface area contributed by atoms with Crippen LogP contribution in [0.2, 0.25) is 0 Å². The van der Waals surface area contributed by atoms with Gasteiger partial charge >= 0.3 is 6.18 Å². The van der Waals surface area contributed by atoms with Gasteiger partial charge in [0, 0.05) is 24.6 Å². The molecule has 1 rings (SSSR count). The summed E-state index contributed by atoms with van der Waals surface area (Å²) in [5, 5.41) is 0. The van der Waals surface area contributed by atoms with E-state index >= 15 is 0 Å². The lowest BCUT2D eigenvalue weighted by molar-refractivity contribution is -0.135. The highest BCUT2D eigenvalue weighted by molar-refractivity contribution is 9.10. The van der Waals surface area contributed by atoms with Crippen molar-refractivity contribution in [1.82, 2.24) is 4.31 Å². The largest absolute Gasteiger partial charge is 0.390 e. The van der Waals surface area contributed by atoms with Crippen molar-refractivity contribution in [3.05, 3.63) is 27.7 Å². The molecule has 0 bridgehead atoms. The average molecular weight is 389 g/mol. The van der Waals surface area contributed by atoms with E-state index in [4.69, 9.17) is 5.73 Å². The van der Waals surface area contributed by atoms with E-state index in [0.29, 0.717) is 19.9 Å². The van der Waals surface area contributed by atoms with Gasteiger partial charge < -0.3 is 5.73 Å². The van der Waals surface area contributed by atoms with Gasteiger partial charge in [0.2, 0.25) is 10.0 Å². The predicted octanol–water partition coefficient (Wildman–Crippen LogP) is 2.79. The summed E-state index contributed by atoms with van der Waals surface area (Å²) in [4.78, 5) is -0.0763. The fourth-order valence-corrected chi connectivity index (χ4v) is 3.88. The van der Waals surface area contributed by atoms with Gasteiger partial charge in [0.05, 0.1) is 11.3 Å². The minimum absolute atomic E-state index is 0.0763. The normalized spacial score (nSPS) is 13.0. The zero-order chi connectivity index (χ0) is 16.4. The van der Waals surface area contributed by atoms with E-state index in [1.165, 1.54) is 6.07 Å². The highest BCUT2D eigenvalue weighted by Gasteiger charge is 2.31. The van der Waals surface area contributed by atoms with Gasteiger partial charge in [0.25, 0.3) is 0 Å². The Balaban J connectivity index is 3.16. The van der Waals surface area contributed by atoms with Crippen LogP contribution in [0.25, 0.3) is 0 Å². The number of nitrogens with zero attached hydrogens (tertiary/aromatic N) is 1. The first kappa shape index (κ1) is 18.4. The third-order valence-corrected chi connectivity index (χ3v) is 6.11. The fourth-order valence-electron chi connectivity index (χ4n) is 1.69. The van der Waals surface area contributed by atoms with Crippen molar-refractivity contribution in [3.63, 3.8) is 0 Å². The standard InChI is InChI=1S/C12H16BrF3N2O2S/c1-8-5-9(7-17)6-10(11(8)13)21(19,20)18(2)4-3-12(14,15)16/h5-6H,3-4,7,17H2,1-2H3. The van der Waals surface area contributed by atoms with Crippen molar-refractivity contribution in [1.29, 1.82) is 0 Å². The second-order valence-corrected chi connectivity index (χ2v) is 7.43. The third kappa shape index (κ3) is 4.67. The first-order chi connectivity index (χ1) is 9.49. The Morgan fingerprint density at radius 1 is 1.33 bits per heavy atom. The molecular formula is C12H16BrF3N2O2S. The van der Waals surface area contributed by atoms with Crippen molar-refractivity contribution in [2.45, 2.75) is 31.0 Å². The van der Waals surface area contributed by atoms with Crippen molar-refractivity contribution < 1.29 is 21.6 Å². The number of sulfonamides is 1. The summed E-state index contributed by atoms with van der Waals surface area (Å²) in [6.45, 7) is 1.20. The molecule has 0 fully saturated rings. The zero-order valence-electron chi connectivity index (χ0n) is 11.5. The molecule has 21 heavy (non-hydrogen) atoms. The summed E-state index contributed by atoms with van der Waals surface area (Å²) in [7, 11) is -2.89. The fraction of sp³-hybridized carbons (Fsp3) is 0.500. The van der Waals surface area contributed by atoms with E-state index in [1.807, 2.05) is 0 Å². The Morgan fingerprint density at radius 2 is 1.90 bits per heavy atom. The number of benzene rings is 1. The van der Waals surface area contributed by atoms with E-state index in [0.717, 1.165) is 7.05 Å². The Hall–Kier alpha value is -0.640. The maximum atomic E-state index is 12.4. The quantitative estimate of drug-likeness (QED) is 0.843. The Bertz CT molecular complexity index is 618. The lowest BCUT2D eigenvalue weighted by Gasteiger charge is -2.20. The van der Waals surface area contributed by atoms with Gasteiger partial charge in [-0.1, -0.05) is 6.07 Å². The molecule has 0 aliphatic heterocycles. The molecule has 9 heteroatoms. The van der Waals surface area contributed by atoms with Crippen LogP contribution in [0.15, 0.2) is 21.5 Å². The second kappa shape index (κ2) is 6.64. The van der Waals surface area contributed by atoms with Crippen molar-refractivity contribution >= 4 is 26.0 Å². The lowest BCUT2D eigenvalue weighted by Crippen LogP contribution is -2.31. The van der Waals surface area contributed by atoms with Crippen LogP contribution < -0.4 is 5.73 Å². The first-order valence-corrected chi connectivity index (χ1v) is 8.24. The number of hydrogen-bond donors (Lipinski definition) is 1. The number of hydrogen-bond acceptors (Lipinski definition) is 3. The number of alkyl halides is 3. The topological polar surface area (TPSA) is 63.4 Å². The SMILES string of the molecule is Cc1cc(CN)cc(S(=O)(=O)N(C)CCC(F)(F)F)c1Br.